The predicted molar refractivity (Wildman–Crippen MR) is 90.2 cm³/mol. The third-order valence-corrected chi connectivity index (χ3v) is 3.28. The van der Waals surface area contributed by atoms with Crippen molar-refractivity contribution >= 4 is 17.4 Å². The van der Waals surface area contributed by atoms with E-state index in [1.165, 1.54) is 7.11 Å². The Labute approximate surface area is 140 Å². The second-order valence-corrected chi connectivity index (χ2v) is 4.94. The van der Waals surface area contributed by atoms with E-state index in [0.717, 1.165) is 0 Å². The van der Waals surface area contributed by atoms with Crippen molar-refractivity contribution in [2.45, 2.75) is 13.8 Å². The van der Waals surface area contributed by atoms with E-state index in [-0.39, 0.29) is 6.01 Å². The van der Waals surface area contributed by atoms with Gasteiger partial charge in [-0.15, -0.1) is 0 Å². The summed E-state index contributed by atoms with van der Waals surface area (Å²) >= 11 is 0. The molecule has 0 fully saturated rings. The smallest absolute Gasteiger partial charge is 0.323 e. The number of nitrogens with one attached hydrogen (secondary N) is 2. The van der Waals surface area contributed by atoms with E-state index in [4.69, 9.17) is 14.2 Å². The fraction of sp³-hybridized carbons (Fsp3) is 0.312. The molecular weight excluding hydrogens is 312 g/mol. The Hall–Kier alpha value is -3.03. The van der Waals surface area contributed by atoms with Crippen LogP contribution < -0.4 is 24.8 Å². The maximum absolute atomic E-state index is 12.2. The van der Waals surface area contributed by atoms with Crippen LogP contribution in [0.15, 0.2) is 18.2 Å². The fourth-order valence-corrected chi connectivity index (χ4v) is 2.11. The van der Waals surface area contributed by atoms with E-state index in [9.17, 15) is 4.79 Å². The van der Waals surface area contributed by atoms with Gasteiger partial charge in [-0.05, 0) is 13.8 Å². The normalized spacial score (nSPS) is 10.0. The van der Waals surface area contributed by atoms with Gasteiger partial charge in [-0.2, -0.15) is 9.97 Å². The highest BCUT2D eigenvalue weighted by Crippen LogP contribution is 2.26. The Morgan fingerprint density at radius 1 is 0.875 bits per heavy atom. The number of hydrogen-bond acceptors (Lipinski definition) is 6. The van der Waals surface area contributed by atoms with Gasteiger partial charge >= 0.3 is 12.0 Å². The molecule has 8 heteroatoms. The molecule has 2 aromatic rings. The molecule has 8 nitrogen and oxygen atoms in total. The Bertz CT molecular complexity index is 704. The van der Waals surface area contributed by atoms with Crippen LogP contribution in [0, 0.1) is 13.8 Å². The van der Waals surface area contributed by atoms with E-state index < -0.39 is 6.03 Å². The molecule has 2 N–H and O–H groups in total. The first-order valence-corrected chi connectivity index (χ1v) is 7.17. The molecule has 0 bridgehead atoms. The number of aromatic nitrogens is 2. The maximum atomic E-state index is 12.2. The van der Waals surface area contributed by atoms with Crippen LogP contribution in [-0.2, 0) is 0 Å². The van der Waals surface area contributed by atoms with E-state index >= 15 is 0 Å². The predicted octanol–water partition coefficient (Wildman–Crippen LogP) is 2.76. The SMILES string of the molecule is COc1cc(NC(=O)Nc2c(C)nc(OC)nc2C)cc(OC)c1. The van der Waals surface area contributed by atoms with E-state index in [1.54, 1.807) is 46.3 Å². The Morgan fingerprint density at radius 3 is 1.88 bits per heavy atom. The zero-order chi connectivity index (χ0) is 17.7. The molecule has 0 radical (unpaired) electrons. The van der Waals surface area contributed by atoms with Crippen molar-refractivity contribution < 1.29 is 19.0 Å². The number of anilines is 2. The summed E-state index contributed by atoms with van der Waals surface area (Å²) in [5, 5.41) is 5.47. The molecule has 2 rings (SSSR count). The number of rotatable bonds is 5. The van der Waals surface area contributed by atoms with Crippen molar-refractivity contribution in [1.29, 1.82) is 0 Å². The van der Waals surface area contributed by atoms with Crippen molar-refractivity contribution in [2.75, 3.05) is 32.0 Å². The number of carbonyl (C=O) groups excluding carboxylic acids is 1. The van der Waals surface area contributed by atoms with Gasteiger partial charge in [0.05, 0.1) is 38.4 Å². The molecular formula is C16H20N4O4. The standard InChI is InChI=1S/C16H20N4O4/c1-9-14(10(2)18-16(17-9)24-5)20-15(21)19-11-6-12(22-3)8-13(7-11)23-4/h6-8H,1-5H3,(H2,19,20,21). The van der Waals surface area contributed by atoms with Gasteiger partial charge in [0.25, 0.3) is 0 Å². The molecule has 0 aliphatic heterocycles. The highest BCUT2D eigenvalue weighted by molar-refractivity contribution is 6.00. The number of benzene rings is 1. The second kappa shape index (κ2) is 7.49. The molecule has 1 heterocycles. The molecule has 0 aliphatic rings. The third kappa shape index (κ3) is 4.03. The minimum absolute atomic E-state index is 0.258. The number of hydrogen-bond donors (Lipinski definition) is 2. The van der Waals surface area contributed by atoms with Crippen LogP contribution in [0.5, 0.6) is 17.5 Å². The highest BCUT2D eigenvalue weighted by atomic mass is 16.5. The molecule has 1 aromatic heterocycles. The molecule has 0 atom stereocenters. The molecule has 128 valence electrons. The van der Waals surface area contributed by atoms with Crippen LogP contribution in [-0.4, -0.2) is 37.3 Å². The summed E-state index contributed by atoms with van der Waals surface area (Å²) in [6.45, 7) is 3.53. The van der Waals surface area contributed by atoms with Gasteiger partial charge in [0.2, 0.25) is 0 Å². The summed E-state index contributed by atoms with van der Waals surface area (Å²) < 4.78 is 15.4. The first kappa shape index (κ1) is 17.3. The Balaban J connectivity index is 2.17. The summed E-state index contributed by atoms with van der Waals surface area (Å²) in [6.07, 6.45) is 0. The zero-order valence-corrected chi connectivity index (χ0v) is 14.3. The lowest BCUT2D eigenvalue weighted by molar-refractivity contribution is 0.262. The minimum atomic E-state index is -0.426. The number of aryl methyl sites for hydroxylation is 2. The van der Waals surface area contributed by atoms with Gasteiger partial charge in [0.1, 0.15) is 11.5 Å². The monoisotopic (exact) mass is 332 g/mol. The van der Waals surface area contributed by atoms with Crippen molar-refractivity contribution in [3.8, 4) is 17.5 Å². The molecule has 0 unspecified atom stereocenters. The number of amides is 2. The van der Waals surface area contributed by atoms with E-state index in [1.807, 2.05) is 0 Å². The lowest BCUT2D eigenvalue weighted by Crippen LogP contribution is -2.21. The van der Waals surface area contributed by atoms with Crippen LogP contribution in [0.4, 0.5) is 16.2 Å². The van der Waals surface area contributed by atoms with E-state index in [0.29, 0.717) is 34.3 Å². The molecule has 2 amide bonds. The van der Waals surface area contributed by atoms with Gasteiger partial charge in [0.15, 0.2) is 0 Å². The highest BCUT2D eigenvalue weighted by Gasteiger charge is 2.13. The van der Waals surface area contributed by atoms with Gasteiger partial charge in [0, 0.05) is 23.9 Å². The van der Waals surface area contributed by atoms with Gasteiger partial charge < -0.3 is 24.8 Å². The minimum Gasteiger partial charge on any atom is -0.497 e. The van der Waals surface area contributed by atoms with Gasteiger partial charge in [-0.1, -0.05) is 0 Å². The van der Waals surface area contributed by atoms with Crippen molar-refractivity contribution in [1.82, 2.24) is 9.97 Å². The largest absolute Gasteiger partial charge is 0.497 e. The van der Waals surface area contributed by atoms with Crippen LogP contribution in [0.25, 0.3) is 0 Å². The third-order valence-electron chi connectivity index (χ3n) is 3.28. The fourth-order valence-electron chi connectivity index (χ4n) is 2.11. The summed E-state index contributed by atoms with van der Waals surface area (Å²) in [7, 11) is 4.57. The zero-order valence-electron chi connectivity index (χ0n) is 14.3. The summed E-state index contributed by atoms with van der Waals surface area (Å²) in [6, 6.07) is 4.92. The van der Waals surface area contributed by atoms with Crippen molar-refractivity contribution in [2.24, 2.45) is 0 Å². The van der Waals surface area contributed by atoms with Crippen LogP contribution >= 0.6 is 0 Å². The average molecular weight is 332 g/mol. The number of urea groups is 1. The van der Waals surface area contributed by atoms with E-state index in [2.05, 4.69) is 20.6 Å². The van der Waals surface area contributed by atoms with Crippen LogP contribution in [0.2, 0.25) is 0 Å². The summed E-state index contributed by atoms with van der Waals surface area (Å²) in [4.78, 5) is 20.6. The maximum Gasteiger partial charge on any atom is 0.323 e. The lowest BCUT2D eigenvalue weighted by Gasteiger charge is -2.13. The molecule has 24 heavy (non-hydrogen) atoms. The first-order valence-electron chi connectivity index (χ1n) is 7.17. The lowest BCUT2D eigenvalue weighted by atomic mass is 10.2. The molecule has 0 aliphatic carbocycles. The second-order valence-electron chi connectivity index (χ2n) is 4.94. The number of carbonyl (C=O) groups is 1. The average Bonchev–Trinajstić information content (AvgIpc) is 2.57. The molecule has 0 saturated heterocycles. The topological polar surface area (TPSA) is 94.6 Å². The van der Waals surface area contributed by atoms with Gasteiger partial charge in [-0.3, -0.25) is 0 Å². The molecule has 1 aromatic carbocycles. The van der Waals surface area contributed by atoms with Gasteiger partial charge in [-0.25, -0.2) is 4.79 Å². The first-order chi connectivity index (χ1) is 11.5. The molecule has 0 spiro atoms. The number of ether oxygens (including phenoxy) is 3. The quantitative estimate of drug-likeness (QED) is 0.874. The van der Waals surface area contributed by atoms with Crippen LogP contribution in [0.3, 0.4) is 0 Å². The summed E-state index contributed by atoms with van der Waals surface area (Å²) in [5.41, 5.74) is 2.28. The van der Waals surface area contributed by atoms with Crippen LogP contribution in [0.1, 0.15) is 11.4 Å². The summed E-state index contributed by atoms with van der Waals surface area (Å²) in [5.74, 6) is 1.15. The van der Waals surface area contributed by atoms with Crippen molar-refractivity contribution in [3.63, 3.8) is 0 Å². The molecule has 0 saturated carbocycles. The number of nitrogens with zero attached hydrogens (tertiary/aromatic N) is 2. The Morgan fingerprint density at radius 2 is 1.42 bits per heavy atom. The Kier molecular flexibility index (Phi) is 5.41. The number of methoxy groups -OCH3 is 3. The van der Waals surface area contributed by atoms with Crippen molar-refractivity contribution in [3.05, 3.63) is 29.6 Å².